The van der Waals surface area contributed by atoms with Crippen LogP contribution < -0.4 is 10.0 Å². The van der Waals surface area contributed by atoms with Gasteiger partial charge in [-0.1, -0.05) is 5.16 Å². The molecule has 0 fully saturated rings. The maximum absolute atomic E-state index is 11.6. The zero-order chi connectivity index (χ0) is 13.1. The molecule has 0 aliphatic carbocycles. The first-order valence-electron chi connectivity index (χ1n) is 4.97. The summed E-state index contributed by atoms with van der Waals surface area (Å²) < 4.78 is 24.4. The lowest BCUT2D eigenvalue weighted by Gasteiger charge is -2.18. The van der Waals surface area contributed by atoms with Crippen molar-refractivity contribution in [3.63, 3.8) is 0 Å². The summed E-state index contributed by atoms with van der Waals surface area (Å²) in [6, 6.07) is 6.37. The normalized spacial score (nSPS) is 12.5. The van der Waals surface area contributed by atoms with Crippen molar-refractivity contribution in [1.82, 2.24) is 0 Å². The molecule has 3 N–H and O–H groups in total. The highest BCUT2D eigenvalue weighted by atomic mass is 32.2. The topological polar surface area (TPSA) is 96.0 Å². The molecular weight excluding hydrogens is 242 g/mol. The van der Waals surface area contributed by atoms with Gasteiger partial charge in [-0.25, -0.2) is 8.42 Å². The highest BCUT2D eigenvalue weighted by Crippen LogP contribution is 2.17. The highest BCUT2D eigenvalue weighted by molar-refractivity contribution is 7.92. The fraction of sp³-hybridized carbons (Fsp3) is 0.300. The van der Waals surface area contributed by atoms with Gasteiger partial charge in [-0.3, -0.25) is 4.31 Å². The van der Waals surface area contributed by atoms with Gasteiger partial charge < -0.3 is 10.9 Å². The molecule has 0 aromatic heterocycles. The summed E-state index contributed by atoms with van der Waals surface area (Å²) >= 11 is 0. The van der Waals surface area contributed by atoms with Gasteiger partial charge in [0.2, 0.25) is 10.0 Å². The third-order valence-electron chi connectivity index (χ3n) is 2.42. The largest absolute Gasteiger partial charge is 0.409 e. The Hall–Kier alpha value is -1.76. The molecule has 0 spiro atoms. The second-order valence-corrected chi connectivity index (χ2v) is 5.69. The monoisotopic (exact) mass is 257 g/mol. The molecule has 1 aromatic rings. The first-order valence-corrected chi connectivity index (χ1v) is 6.58. The van der Waals surface area contributed by atoms with Crippen molar-refractivity contribution in [1.29, 1.82) is 0 Å². The average Bonchev–Trinajstić information content (AvgIpc) is 2.37. The fourth-order valence-electron chi connectivity index (χ4n) is 1.25. The van der Waals surface area contributed by atoms with Gasteiger partial charge in [-0.05, 0) is 31.2 Å². The Morgan fingerprint density at radius 1 is 1.41 bits per heavy atom. The zero-order valence-electron chi connectivity index (χ0n) is 9.66. The van der Waals surface area contributed by atoms with Crippen LogP contribution in [0.1, 0.15) is 12.5 Å². The Labute approximate surface area is 100 Å². The molecule has 0 unspecified atom stereocenters. The summed E-state index contributed by atoms with van der Waals surface area (Å²) in [7, 11) is -1.78. The predicted octanol–water partition coefficient (Wildman–Crippen LogP) is 0.567. The van der Waals surface area contributed by atoms with E-state index in [4.69, 9.17) is 10.9 Å². The first kappa shape index (κ1) is 13.3. The van der Waals surface area contributed by atoms with Gasteiger partial charge in [0.1, 0.15) is 0 Å². The van der Waals surface area contributed by atoms with Gasteiger partial charge >= 0.3 is 0 Å². The van der Waals surface area contributed by atoms with Crippen LogP contribution >= 0.6 is 0 Å². The second kappa shape index (κ2) is 5.05. The number of oxime groups is 1. The van der Waals surface area contributed by atoms with Crippen LogP contribution in [-0.2, 0) is 10.0 Å². The number of hydrogen-bond acceptors (Lipinski definition) is 4. The van der Waals surface area contributed by atoms with Crippen LogP contribution in [0.4, 0.5) is 5.69 Å². The molecule has 0 saturated carbocycles. The van der Waals surface area contributed by atoms with Crippen molar-refractivity contribution in [3.8, 4) is 0 Å². The Bertz CT molecular complexity index is 508. The van der Waals surface area contributed by atoms with Crippen LogP contribution in [0, 0.1) is 0 Å². The lowest BCUT2D eigenvalue weighted by Crippen LogP contribution is -2.28. The van der Waals surface area contributed by atoms with Crippen molar-refractivity contribution in [2.75, 3.05) is 17.1 Å². The smallest absolute Gasteiger partial charge is 0.234 e. The van der Waals surface area contributed by atoms with Crippen molar-refractivity contribution < 1.29 is 13.6 Å². The van der Waals surface area contributed by atoms with E-state index < -0.39 is 10.0 Å². The average molecular weight is 257 g/mol. The van der Waals surface area contributed by atoms with E-state index in [0.717, 1.165) is 0 Å². The van der Waals surface area contributed by atoms with Gasteiger partial charge in [0, 0.05) is 12.6 Å². The molecule has 0 atom stereocenters. The molecule has 7 heteroatoms. The Morgan fingerprint density at radius 2 is 1.94 bits per heavy atom. The number of hydrogen-bond donors (Lipinski definition) is 2. The highest BCUT2D eigenvalue weighted by Gasteiger charge is 2.15. The van der Waals surface area contributed by atoms with Crippen LogP contribution in [0.3, 0.4) is 0 Å². The molecule has 1 rings (SSSR count). The van der Waals surface area contributed by atoms with Gasteiger partial charge in [0.15, 0.2) is 5.84 Å². The SMILES string of the molecule is CCS(=O)(=O)N(C)c1ccc(/C(N)=N/O)cc1. The summed E-state index contributed by atoms with van der Waals surface area (Å²) in [5.41, 5.74) is 6.46. The van der Waals surface area contributed by atoms with Gasteiger partial charge in [-0.2, -0.15) is 0 Å². The molecule has 0 aliphatic rings. The lowest BCUT2D eigenvalue weighted by atomic mass is 10.2. The molecule has 1 aromatic carbocycles. The van der Waals surface area contributed by atoms with E-state index in [-0.39, 0.29) is 11.6 Å². The summed E-state index contributed by atoms with van der Waals surface area (Å²) in [6.07, 6.45) is 0. The summed E-state index contributed by atoms with van der Waals surface area (Å²) in [5.74, 6) is 0.0171. The minimum absolute atomic E-state index is 0.0162. The molecular formula is C10H15N3O3S. The van der Waals surface area contributed by atoms with E-state index in [9.17, 15) is 8.42 Å². The maximum Gasteiger partial charge on any atom is 0.234 e. The zero-order valence-corrected chi connectivity index (χ0v) is 10.5. The van der Waals surface area contributed by atoms with Crippen LogP contribution in [0.5, 0.6) is 0 Å². The molecule has 0 bridgehead atoms. The molecule has 0 radical (unpaired) electrons. The number of sulfonamides is 1. The van der Waals surface area contributed by atoms with E-state index in [0.29, 0.717) is 11.3 Å². The van der Waals surface area contributed by atoms with Crippen LogP contribution in [0.2, 0.25) is 0 Å². The van der Waals surface area contributed by atoms with Gasteiger partial charge in [-0.15, -0.1) is 0 Å². The second-order valence-electron chi connectivity index (χ2n) is 3.40. The summed E-state index contributed by atoms with van der Waals surface area (Å²) in [6.45, 7) is 1.58. The van der Waals surface area contributed by atoms with Crippen LogP contribution in [-0.4, -0.2) is 32.3 Å². The first-order chi connectivity index (χ1) is 7.92. The third-order valence-corrected chi connectivity index (χ3v) is 4.19. The number of anilines is 1. The summed E-state index contributed by atoms with van der Waals surface area (Å²) in [5, 5.41) is 11.4. The standard InChI is InChI=1S/C10H15N3O3S/c1-3-17(15,16)13(2)9-6-4-8(5-7-9)10(11)12-14/h4-7,14H,3H2,1-2H3,(H2,11,12). The fourth-order valence-corrected chi connectivity index (χ4v) is 2.08. The van der Waals surface area contributed by atoms with Crippen molar-refractivity contribution >= 4 is 21.5 Å². The maximum atomic E-state index is 11.6. The molecule has 0 heterocycles. The van der Waals surface area contributed by atoms with Crippen molar-refractivity contribution in [2.45, 2.75) is 6.92 Å². The molecule has 6 nitrogen and oxygen atoms in total. The van der Waals surface area contributed by atoms with Crippen molar-refractivity contribution in [2.24, 2.45) is 10.9 Å². The van der Waals surface area contributed by atoms with E-state index in [2.05, 4.69) is 5.16 Å². The molecule has 0 amide bonds. The van der Waals surface area contributed by atoms with Crippen molar-refractivity contribution in [3.05, 3.63) is 29.8 Å². The number of nitrogens with zero attached hydrogens (tertiary/aromatic N) is 2. The van der Waals surface area contributed by atoms with E-state index in [1.807, 2.05) is 0 Å². The molecule has 17 heavy (non-hydrogen) atoms. The summed E-state index contributed by atoms with van der Waals surface area (Å²) in [4.78, 5) is 0. The van der Waals surface area contributed by atoms with Gasteiger partial charge in [0.25, 0.3) is 0 Å². The quantitative estimate of drug-likeness (QED) is 0.356. The lowest BCUT2D eigenvalue weighted by molar-refractivity contribution is 0.318. The third kappa shape index (κ3) is 2.88. The minimum atomic E-state index is -3.27. The van der Waals surface area contributed by atoms with E-state index in [1.165, 1.54) is 11.4 Å². The predicted molar refractivity (Wildman–Crippen MR) is 66.8 cm³/mol. The van der Waals surface area contributed by atoms with E-state index >= 15 is 0 Å². The van der Waals surface area contributed by atoms with Crippen LogP contribution in [0.15, 0.2) is 29.4 Å². The van der Waals surface area contributed by atoms with Crippen LogP contribution in [0.25, 0.3) is 0 Å². The molecule has 0 saturated heterocycles. The number of rotatable bonds is 4. The Morgan fingerprint density at radius 3 is 2.35 bits per heavy atom. The molecule has 0 aliphatic heterocycles. The number of benzene rings is 1. The van der Waals surface area contributed by atoms with E-state index in [1.54, 1.807) is 31.2 Å². The number of nitrogens with two attached hydrogens (primary N) is 1. The van der Waals surface area contributed by atoms with Gasteiger partial charge in [0.05, 0.1) is 11.4 Å². The molecule has 94 valence electrons. The Kier molecular flexibility index (Phi) is 3.95. The Balaban J connectivity index is 3.04. The minimum Gasteiger partial charge on any atom is -0.409 e. The number of amidine groups is 1.